The van der Waals surface area contributed by atoms with Crippen LogP contribution in [0.2, 0.25) is 0 Å². The highest BCUT2D eigenvalue weighted by Crippen LogP contribution is 2.76. The summed E-state index contributed by atoms with van der Waals surface area (Å²) < 4.78 is 33.3. The maximum absolute atomic E-state index is 15.2. The summed E-state index contributed by atoms with van der Waals surface area (Å²) in [5.74, 6) is 1.73. The molecule has 1 aromatic heterocycles. The van der Waals surface area contributed by atoms with Crippen molar-refractivity contribution in [2.75, 3.05) is 17.6 Å². The maximum atomic E-state index is 15.2. The van der Waals surface area contributed by atoms with Crippen LogP contribution in [0.15, 0.2) is 39.9 Å². The third kappa shape index (κ3) is 4.62. The van der Waals surface area contributed by atoms with Crippen LogP contribution in [0.4, 0.5) is 0 Å². The molecule has 2 aromatic rings. The fraction of sp³-hybridized carbons (Fsp3) is 0.800. The summed E-state index contributed by atoms with van der Waals surface area (Å²) in [7, 11) is 0. The first kappa shape index (κ1) is 34.3. The average Bonchev–Trinajstić information content (AvgIpc) is 3.64. The van der Waals surface area contributed by atoms with Crippen molar-refractivity contribution < 1.29 is 18.9 Å². The fourth-order valence-electron chi connectivity index (χ4n) is 13.5. The van der Waals surface area contributed by atoms with Gasteiger partial charge >= 0.3 is 11.4 Å². The second-order valence-corrected chi connectivity index (χ2v) is 18.4. The summed E-state index contributed by atoms with van der Waals surface area (Å²) in [6.45, 7) is 8.87. The first-order valence-corrected chi connectivity index (χ1v) is 21.3. The molecule has 5 heterocycles. The lowest BCUT2D eigenvalue weighted by Gasteiger charge is -2.75. The largest absolute Gasteiger partial charge is 0.353 e. The normalized spacial score (nSPS) is 44.2. The first-order valence-electron chi connectivity index (χ1n) is 19.8. The first-order chi connectivity index (χ1) is 24.2. The van der Waals surface area contributed by atoms with E-state index < -0.39 is 16.5 Å². The number of nitrogens with zero attached hydrogens (tertiary/aromatic N) is 3. The van der Waals surface area contributed by atoms with E-state index in [-0.39, 0.29) is 47.5 Å². The van der Waals surface area contributed by atoms with Crippen molar-refractivity contribution in [3.8, 4) is 5.69 Å². The van der Waals surface area contributed by atoms with Gasteiger partial charge in [-0.25, -0.2) is 23.5 Å². The highest BCUT2D eigenvalue weighted by atomic mass is 127. The molecule has 1 aromatic carbocycles. The second kappa shape index (κ2) is 12.6. The van der Waals surface area contributed by atoms with Crippen LogP contribution >= 0.6 is 22.6 Å². The smallest absolute Gasteiger partial charge is 0.352 e. The SMILES string of the molecule is C[C@H](CI)C1CC[C@H]2[C@@]34CC[C@]5(C[C@@H](OC6CCCCO6)C[C@H](OC6CCCCO6)[C@]5(C)[C@H]3CC[C@]12C)n1c(=O)n(-c2ccccc2)c(=O)n14. The Hall–Kier alpha value is -1.47. The van der Waals surface area contributed by atoms with E-state index in [0.29, 0.717) is 29.9 Å². The lowest BCUT2D eigenvalue weighted by Crippen LogP contribution is -2.81. The molecule has 8 aliphatic rings. The van der Waals surface area contributed by atoms with E-state index in [1.54, 1.807) is 0 Å². The van der Waals surface area contributed by atoms with E-state index in [0.717, 1.165) is 94.7 Å². The summed E-state index contributed by atoms with van der Waals surface area (Å²) in [5, 5.41) is 0. The number of rotatable bonds is 7. The Bertz CT molecular complexity index is 1700. The molecule has 0 N–H and O–H groups in total. The van der Waals surface area contributed by atoms with Crippen molar-refractivity contribution in [1.29, 1.82) is 0 Å². The summed E-state index contributed by atoms with van der Waals surface area (Å²) >= 11 is 2.57. The molecule has 2 bridgehead atoms. The molecule has 4 aliphatic carbocycles. The molecular weight excluding hydrogens is 745 g/mol. The molecule has 10 rings (SSSR count). The summed E-state index contributed by atoms with van der Waals surface area (Å²) in [5.41, 5.74) is -1.14. The minimum atomic E-state index is -0.645. The van der Waals surface area contributed by atoms with E-state index in [4.69, 9.17) is 18.9 Å². The van der Waals surface area contributed by atoms with Gasteiger partial charge in [-0.05, 0) is 125 Å². The predicted molar refractivity (Wildman–Crippen MR) is 199 cm³/mol. The molecule has 3 unspecified atom stereocenters. The van der Waals surface area contributed by atoms with Gasteiger partial charge in [0.1, 0.15) is 0 Å². The molecule has 2 spiro atoms. The van der Waals surface area contributed by atoms with Gasteiger partial charge in [0.2, 0.25) is 0 Å². The number of fused-ring (bicyclic) bond motifs is 2. The number of hydrogen-bond donors (Lipinski definition) is 0. The van der Waals surface area contributed by atoms with Gasteiger partial charge < -0.3 is 18.9 Å². The minimum absolute atomic E-state index is 0.103. The lowest BCUT2D eigenvalue weighted by molar-refractivity contribution is -0.329. The Balaban J connectivity index is 1.26. The predicted octanol–water partition coefficient (Wildman–Crippen LogP) is 7.14. The molecule has 50 heavy (non-hydrogen) atoms. The number of aromatic nitrogens is 3. The number of benzene rings is 1. The van der Waals surface area contributed by atoms with E-state index >= 15 is 9.59 Å². The topological polar surface area (TPSA) is 85.8 Å². The van der Waals surface area contributed by atoms with Gasteiger partial charge in [0.05, 0.1) is 29.0 Å². The van der Waals surface area contributed by atoms with Gasteiger partial charge in [-0.1, -0.05) is 61.6 Å². The van der Waals surface area contributed by atoms with Crippen LogP contribution in [-0.2, 0) is 30.0 Å². The quantitative estimate of drug-likeness (QED) is 0.168. The number of hydrogen-bond acceptors (Lipinski definition) is 6. The van der Waals surface area contributed by atoms with Gasteiger partial charge in [0.15, 0.2) is 12.6 Å². The highest BCUT2D eigenvalue weighted by Gasteiger charge is 2.79. The zero-order valence-corrected chi connectivity index (χ0v) is 32.4. The number of alkyl halides is 1. The zero-order valence-electron chi connectivity index (χ0n) is 30.2. The summed E-state index contributed by atoms with van der Waals surface area (Å²) in [6.07, 6.45) is 12.9. The zero-order chi connectivity index (χ0) is 34.5. The molecule has 4 aliphatic heterocycles. The molecule has 0 amide bonds. The molecule has 9 nitrogen and oxygen atoms in total. The van der Waals surface area contributed by atoms with Gasteiger partial charge in [-0.2, -0.15) is 0 Å². The van der Waals surface area contributed by atoms with Gasteiger partial charge in [-0.15, -0.1) is 0 Å². The van der Waals surface area contributed by atoms with Crippen LogP contribution in [0.25, 0.3) is 5.69 Å². The second-order valence-electron chi connectivity index (χ2n) is 17.5. The van der Waals surface area contributed by atoms with E-state index in [9.17, 15) is 0 Å². The third-order valence-electron chi connectivity index (χ3n) is 15.6. The van der Waals surface area contributed by atoms with E-state index in [2.05, 4.69) is 48.0 Å². The van der Waals surface area contributed by atoms with Gasteiger partial charge in [-0.3, -0.25) is 0 Å². The van der Waals surface area contributed by atoms with Crippen LogP contribution in [0.3, 0.4) is 0 Å². The Labute approximate surface area is 309 Å². The summed E-state index contributed by atoms with van der Waals surface area (Å²) in [6, 6.07) is 9.60. The molecule has 10 heteroatoms. The van der Waals surface area contributed by atoms with Gasteiger partial charge in [0.25, 0.3) is 0 Å². The van der Waals surface area contributed by atoms with Crippen LogP contribution in [0, 0.1) is 34.5 Å². The maximum Gasteiger partial charge on any atom is 0.352 e. The van der Waals surface area contributed by atoms with Crippen molar-refractivity contribution in [3.05, 3.63) is 51.3 Å². The highest BCUT2D eigenvalue weighted by molar-refractivity contribution is 14.1. The van der Waals surface area contributed by atoms with Crippen LogP contribution in [-0.4, -0.2) is 56.4 Å². The van der Waals surface area contributed by atoms with Crippen molar-refractivity contribution in [3.63, 3.8) is 0 Å². The standard InChI is InChI=1S/C40H56IN3O6/c1-26(25-41)29-15-16-30-37(29,2)18-17-31-38(3)32(50-34-14-8-10-22-48-34)23-28(49-33-13-7-9-21-47-33)24-39(38)19-20-40(30,31)44-36(46)42(35(45)43(39)44)27-11-5-4-6-12-27/h4-6,11-12,26,28-34H,7-10,13-25H2,1-3H3/t26-,28+,29?,30-,31-,32+,33?,34?,37-,38+,39-,40+/m1/s1. The van der Waals surface area contributed by atoms with Gasteiger partial charge in [0, 0.05) is 29.5 Å². The number of para-hydroxylation sites is 1. The van der Waals surface area contributed by atoms with Crippen LogP contribution in [0.5, 0.6) is 0 Å². The van der Waals surface area contributed by atoms with Crippen molar-refractivity contribution >= 4 is 22.6 Å². The monoisotopic (exact) mass is 801 g/mol. The molecule has 274 valence electrons. The van der Waals surface area contributed by atoms with Crippen LogP contribution in [0.1, 0.15) is 111 Å². The molecule has 12 atom stereocenters. The fourth-order valence-corrected chi connectivity index (χ4v) is 14.1. The Morgan fingerprint density at radius 3 is 2.22 bits per heavy atom. The average molecular weight is 802 g/mol. The Morgan fingerprint density at radius 1 is 0.840 bits per heavy atom. The number of halogens is 1. The Kier molecular flexibility index (Phi) is 8.62. The Morgan fingerprint density at radius 2 is 1.54 bits per heavy atom. The van der Waals surface area contributed by atoms with E-state index in [1.165, 1.54) is 11.0 Å². The third-order valence-corrected chi connectivity index (χ3v) is 17.0. The molecule has 6 fully saturated rings. The molecular formula is C40H56IN3O6. The lowest BCUT2D eigenvalue weighted by atomic mass is 9.37. The molecule has 4 saturated carbocycles. The molecule has 0 radical (unpaired) electrons. The van der Waals surface area contributed by atoms with Crippen LogP contribution < -0.4 is 11.4 Å². The van der Waals surface area contributed by atoms with Crippen molar-refractivity contribution in [2.24, 2.45) is 34.5 Å². The van der Waals surface area contributed by atoms with E-state index in [1.807, 2.05) is 35.0 Å². The summed E-state index contributed by atoms with van der Waals surface area (Å²) in [4.78, 5) is 30.5. The number of ether oxygens (including phenoxy) is 4. The van der Waals surface area contributed by atoms with Crippen molar-refractivity contribution in [2.45, 2.75) is 147 Å². The molecule has 2 saturated heterocycles. The minimum Gasteiger partial charge on any atom is -0.353 e. The van der Waals surface area contributed by atoms with Crippen molar-refractivity contribution in [1.82, 2.24) is 13.9 Å².